The average molecular weight is 269 g/mol. The van der Waals surface area contributed by atoms with Crippen LogP contribution in [-0.2, 0) is 6.42 Å². The Bertz CT molecular complexity index is 407. The molecule has 80 valence electrons. The Morgan fingerprint density at radius 3 is 3.00 bits per heavy atom. The van der Waals surface area contributed by atoms with Gasteiger partial charge in [0.25, 0.3) is 0 Å². The van der Waals surface area contributed by atoms with Gasteiger partial charge >= 0.3 is 0 Å². The molecular formula is C12H13BrO2. The zero-order valence-corrected chi connectivity index (χ0v) is 10.4. The summed E-state index contributed by atoms with van der Waals surface area (Å²) in [5.41, 5.74) is 2.37. The minimum Gasteiger partial charge on any atom is -0.495 e. The maximum absolute atomic E-state index is 5.55. The minimum atomic E-state index is 0.763. The van der Waals surface area contributed by atoms with E-state index >= 15 is 0 Å². The molecule has 2 rings (SSSR count). The van der Waals surface area contributed by atoms with Crippen molar-refractivity contribution in [3.8, 4) is 11.5 Å². The van der Waals surface area contributed by atoms with E-state index in [-0.39, 0.29) is 0 Å². The van der Waals surface area contributed by atoms with Crippen molar-refractivity contribution in [2.75, 3.05) is 13.7 Å². The maximum Gasteiger partial charge on any atom is 0.140 e. The summed E-state index contributed by atoms with van der Waals surface area (Å²) in [7, 11) is 1.69. The first-order chi connectivity index (χ1) is 7.27. The van der Waals surface area contributed by atoms with Crippen molar-refractivity contribution in [1.29, 1.82) is 0 Å². The molecule has 0 spiro atoms. The lowest BCUT2D eigenvalue weighted by atomic mass is 10.0. The van der Waals surface area contributed by atoms with Gasteiger partial charge in [0.1, 0.15) is 11.5 Å². The van der Waals surface area contributed by atoms with Crippen molar-refractivity contribution < 1.29 is 9.47 Å². The lowest BCUT2D eigenvalue weighted by molar-refractivity contribution is 0.356. The largest absolute Gasteiger partial charge is 0.495 e. The maximum atomic E-state index is 5.55. The molecule has 15 heavy (non-hydrogen) atoms. The first-order valence-corrected chi connectivity index (χ1v) is 5.72. The van der Waals surface area contributed by atoms with Gasteiger partial charge in [0.2, 0.25) is 0 Å². The molecule has 3 heteroatoms. The number of methoxy groups -OCH3 is 1. The Balaban J connectivity index is 2.65. The Morgan fingerprint density at radius 2 is 2.33 bits per heavy atom. The summed E-state index contributed by atoms with van der Waals surface area (Å²) in [6.07, 6.45) is 5.04. The molecule has 1 aromatic carbocycles. The smallest absolute Gasteiger partial charge is 0.140 e. The Hall–Kier alpha value is -0.960. The summed E-state index contributed by atoms with van der Waals surface area (Å²) in [5.74, 6) is 1.85. The topological polar surface area (TPSA) is 18.5 Å². The highest BCUT2D eigenvalue weighted by Gasteiger charge is 2.20. The number of hydrogen-bond donors (Lipinski definition) is 0. The number of allylic oxidation sites excluding steroid dienone is 1. The first kappa shape index (κ1) is 10.6. The van der Waals surface area contributed by atoms with Gasteiger partial charge in [-0.05, 0) is 28.9 Å². The van der Waals surface area contributed by atoms with Crippen LogP contribution in [0.3, 0.4) is 0 Å². The van der Waals surface area contributed by atoms with E-state index in [4.69, 9.17) is 9.47 Å². The number of fused-ring (bicyclic) bond motifs is 1. The normalized spacial score (nSPS) is 14.1. The van der Waals surface area contributed by atoms with Gasteiger partial charge in [0, 0.05) is 17.5 Å². The van der Waals surface area contributed by atoms with E-state index in [2.05, 4.69) is 22.0 Å². The molecule has 1 heterocycles. The molecule has 0 saturated heterocycles. The third kappa shape index (κ3) is 1.76. The zero-order valence-electron chi connectivity index (χ0n) is 8.84. The Labute approximate surface area is 98.0 Å². The van der Waals surface area contributed by atoms with Crippen LogP contribution < -0.4 is 9.47 Å². The number of hydrogen-bond acceptors (Lipinski definition) is 2. The van der Waals surface area contributed by atoms with Gasteiger partial charge in [-0.15, -0.1) is 0 Å². The molecule has 0 fully saturated rings. The summed E-state index contributed by atoms with van der Waals surface area (Å²) >= 11 is 3.49. The number of halogens is 1. The first-order valence-electron chi connectivity index (χ1n) is 4.92. The van der Waals surface area contributed by atoms with Crippen LogP contribution in [0.15, 0.2) is 16.6 Å². The fraction of sp³-hybridized carbons (Fsp3) is 0.333. The molecule has 0 saturated carbocycles. The zero-order chi connectivity index (χ0) is 10.8. The summed E-state index contributed by atoms with van der Waals surface area (Å²) in [6, 6.07) is 1.98. The van der Waals surface area contributed by atoms with E-state index in [0.29, 0.717) is 0 Å². The second kappa shape index (κ2) is 4.27. The molecule has 1 aromatic rings. The molecule has 1 aliphatic rings. The van der Waals surface area contributed by atoms with Gasteiger partial charge in [-0.3, -0.25) is 0 Å². The third-order valence-corrected chi connectivity index (χ3v) is 3.08. The average Bonchev–Trinajstić information content (AvgIpc) is 2.66. The summed E-state index contributed by atoms with van der Waals surface area (Å²) in [5, 5.41) is 0. The van der Waals surface area contributed by atoms with Crippen LogP contribution in [-0.4, -0.2) is 13.7 Å². The van der Waals surface area contributed by atoms with E-state index in [1.165, 1.54) is 5.56 Å². The number of benzene rings is 1. The second-order valence-corrected chi connectivity index (χ2v) is 4.23. The quantitative estimate of drug-likeness (QED) is 0.819. The van der Waals surface area contributed by atoms with Crippen LogP contribution >= 0.6 is 15.9 Å². The molecule has 0 amide bonds. The monoisotopic (exact) mass is 268 g/mol. The molecule has 0 atom stereocenters. The van der Waals surface area contributed by atoms with Crippen LogP contribution in [0.4, 0.5) is 0 Å². The van der Waals surface area contributed by atoms with Crippen LogP contribution in [0.1, 0.15) is 18.1 Å². The van der Waals surface area contributed by atoms with E-state index in [1.54, 1.807) is 7.11 Å². The van der Waals surface area contributed by atoms with Crippen LogP contribution in [0.2, 0.25) is 0 Å². The van der Waals surface area contributed by atoms with Crippen molar-refractivity contribution >= 4 is 22.0 Å². The van der Waals surface area contributed by atoms with Crippen molar-refractivity contribution in [3.05, 3.63) is 27.7 Å². The summed E-state index contributed by atoms with van der Waals surface area (Å²) < 4.78 is 11.9. The van der Waals surface area contributed by atoms with Crippen LogP contribution in [0.25, 0.3) is 6.08 Å². The lowest BCUT2D eigenvalue weighted by Gasteiger charge is -2.11. The van der Waals surface area contributed by atoms with Gasteiger partial charge in [0.15, 0.2) is 0 Å². The molecule has 0 unspecified atom stereocenters. The van der Waals surface area contributed by atoms with Crippen molar-refractivity contribution in [3.63, 3.8) is 0 Å². The highest BCUT2D eigenvalue weighted by Crippen LogP contribution is 2.41. The predicted molar refractivity (Wildman–Crippen MR) is 64.6 cm³/mol. The van der Waals surface area contributed by atoms with Crippen molar-refractivity contribution in [2.24, 2.45) is 0 Å². The molecule has 2 nitrogen and oxygen atoms in total. The Kier molecular flexibility index (Phi) is 3.00. The van der Waals surface area contributed by atoms with Crippen molar-refractivity contribution in [1.82, 2.24) is 0 Å². The molecule has 0 aromatic heterocycles. The summed E-state index contributed by atoms with van der Waals surface area (Å²) in [6.45, 7) is 2.77. The molecule has 0 radical (unpaired) electrons. The van der Waals surface area contributed by atoms with E-state index in [0.717, 1.165) is 34.6 Å². The standard InChI is InChI=1S/C12H13BrO2/c1-3-4-9-8-5-6-15-11(8)7-10(13)12(9)14-2/h3-4,7H,5-6H2,1-2H3/b4-3+. The van der Waals surface area contributed by atoms with Gasteiger partial charge in [-0.1, -0.05) is 12.2 Å². The van der Waals surface area contributed by atoms with Crippen LogP contribution in [0.5, 0.6) is 11.5 Å². The number of rotatable bonds is 2. The molecule has 0 bridgehead atoms. The van der Waals surface area contributed by atoms with Gasteiger partial charge in [-0.25, -0.2) is 0 Å². The predicted octanol–water partition coefficient (Wildman–Crippen LogP) is 3.43. The third-order valence-electron chi connectivity index (χ3n) is 2.49. The molecule has 0 aliphatic carbocycles. The number of ether oxygens (including phenoxy) is 2. The van der Waals surface area contributed by atoms with E-state index in [9.17, 15) is 0 Å². The summed E-state index contributed by atoms with van der Waals surface area (Å²) in [4.78, 5) is 0. The van der Waals surface area contributed by atoms with Gasteiger partial charge in [0.05, 0.1) is 18.2 Å². The van der Waals surface area contributed by atoms with Gasteiger partial charge < -0.3 is 9.47 Å². The fourth-order valence-electron chi connectivity index (χ4n) is 1.87. The molecular weight excluding hydrogens is 256 g/mol. The van der Waals surface area contributed by atoms with E-state index in [1.807, 2.05) is 19.1 Å². The fourth-order valence-corrected chi connectivity index (χ4v) is 2.45. The molecule has 0 N–H and O–H groups in total. The SMILES string of the molecule is C/C=C/c1c2c(cc(Br)c1OC)OCC2. The highest BCUT2D eigenvalue weighted by atomic mass is 79.9. The Morgan fingerprint density at radius 1 is 1.53 bits per heavy atom. The van der Waals surface area contributed by atoms with E-state index < -0.39 is 0 Å². The van der Waals surface area contributed by atoms with Crippen LogP contribution in [0, 0.1) is 0 Å². The lowest BCUT2D eigenvalue weighted by Crippen LogP contribution is -1.93. The highest BCUT2D eigenvalue weighted by molar-refractivity contribution is 9.10. The molecule has 1 aliphatic heterocycles. The minimum absolute atomic E-state index is 0.763. The van der Waals surface area contributed by atoms with Crippen molar-refractivity contribution in [2.45, 2.75) is 13.3 Å². The second-order valence-electron chi connectivity index (χ2n) is 3.38. The van der Waals surface area contributed by atoms with Gasteiger partial charge in [-0.2, -0.15) is 0 Å².